The van der Waals surface area contributed by atoms with E-state index in [4.69, 9.17) is 5.73 Å². The molecule has 0 atom stereocenters. The number of nitrogen functional groups attached to an aromatic ring is 1. The summed E-state index contributed by atoms with van der Waals surface area (Å²) >= 11 is 0. The predicted molar refractivity (Wildman–Crippen MR) is 72.2 cm³/mol. The second kappa shape index (κ2) is 5.82. The largest absolute Gasteiger partial charge is 0.383 e. The van der Waals surface area contributed by atoms with Gasteiger partial charge in [-0.05, 0) is 34.7 Å². The fourth-order valence-electron chi connectivity index (χ4n) is 1.43. The maximum atomic E-state index is 5.80. The van der Waals surface area contributed by atoms with Crippen LogP contribution in [-0.2, 0) is 0 Å². The van der Waals surface area contributed by atoms with E-state index < -0.39 is 0 Å². The third kappa shape index (κ3) is 3.85. The van der Waals surface area contributed by atoms with Gasteiger partial charge in [-0.3, -0.25) is 0 Å². The SMILES string of the molecule is Cc1nc(N)c(C)c(NCCN(C)C(C)C)n1. The summed E-state index contributed by atoms with van der Waals surface area (Å²) in [7, 11) is 2.11. The molecule has 5 nitrogen and oxygen atoms in total. The van der Waals surface area contributed by atoms with Crippen LogP contribution in [0.15, 0.2) is 0 Å². The van der Waals surface area contributed by atoms with E-state index in [-0.39, 0.29) is 0 Å². The normalized spacial score (nSPS) is 11.2. The average molecular weight is 237 g/mol. The van der Waals surface area contributed by atoms with Crippen molar-refractivity contribution in [2.75, 3.05) is 31.2 Å². The van der Waals surface area contributed by atoms with Crippen LogP contribution in [0, 0.1) is 13.8 Å². The number of anilines is 2. The van der Waals surface area contributed by atoms with E-state index >= 15 is 0 Å². The van der Waals surface area contributed by atoms with Crippen molar-refractivity contribution in [1.82, 2.24) is 14.9 Å². The number of hydrogen-bond acceptors (Lipinski definition) is 5. The van der Waals surface area contributed by atoms with E-state index in [2.05, 4.69) is 41.1 Å². The first-order chi connectivity index (χ1) is 7.91. The lowest BCUT2D eigenvalue weighted by molar-refractivity contribution is 0.284. The second-order valence-electron chi connectivity index (χ2n) is 4.63. The molecule has 0 unspecified atom stereocenters. The van der Waals surface area contributed by atoms with E-state index in [1.165, 1.54) is 0 Å². The molecule has 0 amide bonds. The number of rotatable bonds is 5. The lowest BCUT2D eigenvalue weighted by Crippen LogP contribution is -2.31. The predicted octanol–water partition coefficient (Wildman–Crippen LogP) is 1.43. The number of nitrogens with two attached hydrogens (primary N) is 1. The van der Waals surface area contributed by atoms with E-state index in [9.17, 15) is 0 Å². The Hall–Kier alpha value is -1.36. The Bertz CT molecular complexity index is 375. The first-order valence-corrected chi connectivity index (χ1v) is 5.96. The van der Waals surface area contributed by atoms with Crippen LogP contribution in [0.3, 0.4) is 0 Å². The number of aryl methyl sites for hydroxylation is 1. The lowest BCUT2D eigenvalue weighted by Gasteiger charge is -2.21. The fourth-order valence-corrected chi connectivity index (χ4v) is 1.43. The van der Waals surface area contributed by atoms with Gasteiger partial charge in [0.2, 0.25) is 0 Å². The Kier molecular flexibility index (Phi) is 4.69. The van der Waals surface area contributed by atoms with Gasteiger partial charge < -0.3 is 16.0 Å². The minimum Gasteiger partial charge on any atom is -0.383 e. The third-order valence-electron chi connectivity index (χ3n) is 2.93. The molecule has 0 bridgehead atoms. The zero-order valence-corrected chi connectivity index (χ0v) is 11.4. The molecule has 0 saturated carbocycles. The molecule has 5 heteroatoms. The van der Waals surface area contributed by atoms with Crippen molar-refractivity contribution in [2.45, 2.75) is 33.7 Å². The highest BCUT2D eigenvalue weighted by atomic mass is 15.1. The van der Waals surface area contributed by atoms with E-state index in [0.717, 1.165) is 24.5 Å². The number of hydrogen-bond donors (Lipinski definition) is 2. The Balaban J connectivity index is 2.58. The van der Waals surface area contributed by atoms with E-state index in [1.54, 1.807) is 0 Å². The number of likely N-dealkylation sites (N-methyl/N-ethyl adjacent to an activating group) is 1. The van der Waals surface area contributed by atoms with Crippen LogP contribution in [0.4, 0.5) is 11.6 Å². The molecule has 1 aromatic rings. The summed E-state index contributed by atoms with van der Waals surface area (Å²) in [6, 6.07) is 0.551. The minimum atomic E-state index is 0.551. The van der Waals surface area contributed by atoms with Gasteiger partial charge in [0.05, 0.1) is 0 Å². The van der Waals surface area contributed by atoms with Gasteiger partial charge in [0, 0.05) is 24.7 Å². The molecule has 0 saturated heterocycles. The van der Waals surface area contributed by atoms with Gasteiger partial charge in [-0.15, -0.1) is 0 Å². The molecule has 96 valence electrons. The zero-order chi connectivity index (χ0) is 13.0. The Labute approximate surface area is 103 Å². The van der Waals surface area contributed by atoms with Crippen molar-refractivity contribution >= 4 is 11.6 Å². The zero-order valence-electron chi connectivity index (χ0n) is 11.4. The minimum absolute atomic E-state index is 0.551. The molecule has 0 aromatic carbocycles. The van der Waals surface area contributed by atoms with Gasteiger partial charge in [0.25, 0.3) is 0 Å². The van der Waals surface area contributed by atoms with Gasteiger partial charge >= 0.3 is 0 Å². The lowest BCUT2D eigenvalue weighted by atomic mass is 10.3. The van der Waals surface area contributed by atoms with Crippen LogP contribution >= 0.6 is 0 Å². The standard InChI is InChI=1S/C12H23N5/c1-8(2)17(5)7-6-14-12-9(3)11(13)15-10(4)16-12/h8H,6-7H2,1-5H3,(H3,13,14,15,16). The highest BCUT2D eigenvalue weighted by molar-refractivity contribution is 5.54. The quantitative estimate of drug-likeness (QED) is 0.811. The summed E-state index contributed by atoms with van der Waals surface area (Å²) in [5.74, 6) is 2.09. The van der Waals surface area contributed by atoms with Crippen molar-refractivity contribution < 1.29 is 0 Å². The van der Waals surface area contributed by atoms with Crippen molar-refractivity contribution in [3.05, 3.63) is 11.4 Å². The van der Waals surface area contributed by atoms with Gasteiger partial charge in [0.15, 0.2) is 0 Å². The molecule has 0 aliphatic carbocycles. The Morgan fingerprint density at radius 3 is 2.53 bits per heavy atom. The van der Waals surface area contributed by atoms with Crippen LogP contribution in [-0.4, -0.2) is 41.0 Å². The summed E-state index contributed by atoms with van der Waals surface area (Å²) in [5.41, 5.74) is 6.72. The van der Waals surface area contributed by atoms with Crippen LogP contribution in [0.25, 0.3) is 0 Å². The number of nitrogens with one attached hydrogen (secondary N) is 1. The third-order valence-corrected chi connectivity index (χ3v) is 2.93. The highest BCUT2D eigenvalue weighted by Crippen LogP contribution is 2.16. The monoisotopic (exact) mass is 237 g/mol. The average Bonchev–Trinajstić information content (AvgIpc) is 2.24. The topological polar surface area (TPSA) is 67.1 Å². The van der Waals surface area contributed by atoms with Crippen LogP contribution in [0.1, 0.15) is 25.2 Å². The molecule has 0 radical (unpaired) electrons. The van der Waals surface area contributed by atoms with Crippen molar-refractivity contribution in [3.8, 4) is 0 Å². The maximum Gasteiger partial charge on any atom is 0.134 e. The molecule has 3 N–H and O–H groups in total. The molecule has 0 fully saturated rings. The molecule has 0 spiro atoms. The summed E-state index contributed by atoms with van der Waals surface area (Å²) in [6.07, 6.45) is 0. The summed E-state index contributed by atoms with van der Waals surface area (Å²) < 4.78 is 0. The summed E-state index contributed by atoms with van der Waals surface area (Å²) in [6.45, 7) is 9.96. The highest BCUT2D eigenvalue weighted by Gasteiger charge is 2.07. The molecule has 1 heterocycles. The molecule has 17 heavy (non-hydrogen) atoms. The van der Waals surface area contributed by atoms with Gasteiger partial charge in [-0.25, -0.2) is 9.97 Å². The summed E-state index contributed by atoms with van der Waals surface area (Å²) in [5, 5.41) is 3.31. The van der Waals surface area contributed by atoms with E-state index in [0.29, 0.717) is 17.7 Å². The van der Waals surface area contributed by atoms with Gasteiger partial charge in [-0.2, -0.15) is 0 Å². The van der Waals surface area contributed by atoms with Crippen molar-refractivity contribution in [2.24, 2.45) is 0 Å². The molecular weight excluding hydrogens is 214 g/mol. The molecule has 1 rings (SSSR count). The number of nitrogens with zero attached hydrogens (tertiary/aromatic N) is 3. The second-order valence-corrected chi connectivity index (χ2v) is 4.63. The van der Waals surface area contributed by atoms with Crippen LogP contribution in [0.2, 0.25) is 0 Å². The summed E-state index contributed by atoms with van der Waals surface area (Å²) in [4.78, 5) is 10.8. The molecule has 0 aliphatic heterocycles. The Morgan fingerprint density at radius 2 is 1.94 bits per heavy atom. The smallest absolute Gasteiger partial charge is 0.134 e. The molecule has 1 aromatic heterocycles. The maximum absolute atomic E-state index is 5.80. The molecule has 0 aliphatic rings. The van der Waals surface area contributed by atoms with Crippen LogP contribution in [0.5, 0.6) is 0 Å². The van der Waals surface area contributed by atoms with E-state index in [1.807, 2.05) is 13.8 Å². The molecular formula is C12H23N5. The first kappa shape index (κ1) is 13.7. The van der Waals surface area contributed by atoms with Gasteiger partial charge in [0.1, 0.15) is 17.5 Å². The van der Waals surface area contributed by atoms with Crippen molar-refractivity contribution in [3.63, 3.8) is 0 Å². The van der Waals surface area contributed by atoms with Crippen LogP contribution < -0.4 is 11.1 Å². The number of aromatic nitrogens is 2. The first-order valence-electron chi connectivity index (χ1n) is 5.96. The Morgan fingerprint density at radius 1 is 1.29 bits per heavy atom. The van der Waals surface area contributed by atoms with Gasteiger partial charge in [-0.1, -0.05) is 0 Å². The fraction of sp³-hybridized carbons (Fsp3) is 0.667. The van der Waals surface area contributed by atoms with Crippen molar-refractivity contribution in [1.29, 1.82) is 0 Å².